The van der Waals surface area contributed by atoms with Crippen molar-refractivity contribution in [2.45, 2.75) is 13.0 Å². The first-order valence-electron chi connectivity index (χ1n) is 5.19. The number of thiophene rings is 1. The Labute approximate surface area is 98.9 Å². The van der Waals surface area contributed by atoms with Crippen LogP contribution in [0, 0.1) is 12.7 Å². The van der Waals surface area contributed by atoms with E-state index in [0.29, 0.717) is 5.56 Å². The number of rotatable bonds is 3. The molecule has 84 valence electrons. The van der Waals surface area contributed by atoms with Crippen molar-refractivity contribution in [3.05, 3.63) is 57.5 Å². The molecule has 0 saturated heterocycles. The zero-order valence-electron chi connectivity index (χ0n) is 9.33. The Kier molecular flexibility index (Phi) is 3.36. The molecule has 1 unspecified atom stereocenters. The minimum Gasteiger partial charge on any atom is -0.309 e. The van der Waals surface area contributed by atoms with Crippen LogP contribution in [0.1, 0.15) is 22.0 Å². The quantitative estimate of drug-likeness (QED) is 0.858. The van der Waals surface area contributed by atoms with Crippen molar-refractivity contribution in [3.8, 4) is 0 Å². The number of hydrogen-bond donors (Lipinski definition) is 1. The van der Waals surface area contributed by atoms with Crippen LogP contribution in [0.25, 0.3) is 0 Å². The lowest BCUT2D eigenvalue weighted by Gasteiger charge is -2.16. The van der Waals surface area contributed by atoms with E-state index in [0.717, 1.165) is 10.4 Å². The van der Waals surface area contributed by atoms with E-state index in [2.05, 4.69) is 5.32 Å². The SMILES string of the molecule is CNC(c1cccs1)c1cc(C)ccc1F. The van der Waals surface area contributed by atoms with E-state index in [4.69, 9.17) is 0 Å². The molecular formula is C13H14FNS. The van der Waals surface area contributed by atoms with E-state index >= 15 is 0 Å². The van der Waals surface area contributed by atoms with Gasteiger partial charge in [-0.25, -0.2) is 4.39 Å². The number of hydrogen-bond acceptors (Lipinski definition) is 2. The lowest BCUT2D eigenvalue weighted by molar-refractivity contribution is 0.578. The summed E-state index contributed by atoms with van der Waals surface area (Å²) >= 11 is 1.64. The Balaban J connectivity index is 2.44. The Bertz CT molecular complexity index is 465. The van der Waals surface area contributed by atoms with E-state index < -0.39 is 0 Å². The van der Waals surface area contributed by atoms with E-state index in [1.807, 2.05) is 37.6 Å². The third-order valence-corrected chi connectivity index (χ3v) is 3.52. The maximum atomic E-state index is 13.8. The summed E-state index contributed by atoms with van der Waals surface area (Å²) in [5, 5.41) is 5.17. The van der Waals surface area contributed by atoms with Crippen molar-refractivity contribution < 1.29 is 4.39 Å². The zero-order chi connectivity index (χ0) is 11.5. The van der Waals surface area contributed by atoms with E-state index in [9.17, 15) is 4.39 Å². The highest BCUT2D eigenvalue weighted by Crippen LogP contribution is 2.28. The summed E-state index contributed by atoms with van der Waals surface area (Å²) in [7, 11) is 1.85. The first-order chi connectivity index (χ1) is 7.72. The molecule has 3 heteroatoms. The van der Waals surface area contributed by atoms with Gasteiger partial charge >= 0.3 is 0 Å². The molecule has 1 atom stereocenters. The van der Waals surface area contributed by atoms with Gasteiger partial charge in [0.25, 0.3) is 0 Å². The second-order valence-electron chi connectivity index (χ2n) is 3.76. The smallest absolute Gasteiger partial charge is 0.128 e. The number of nitrogens with one attached hydrogen (secondary N) is 1. The minimum absolute atomic E-state index is 0.0556. The normalized spacial score (nSPS) is 12.7. The summed E-state index contributed by atoms with van der Waals surface area (Å²) in [6.07, 6.45) is 0. The van der Waals surface area contributed by atoms with Crippen molar-refractivity contribution in [1.29, 1.82) is 0 Å². The van der Waals surface area contributed by atoms with Gasteiger partial charge in [-0.15, -0.1) is 11.3 Å². The summed E-state index contributed by atoms with van der Waals surface area (Å²) in [6.45, 7) is 1.98. The molecule has 1 aromatic heterocycles. The van der Waals surface area contributed by atoms with Gasteiger partial charge < -0.3 is 5.32 Å². The van der Waals surface area contributed by atoms with Crippen LogP contribution in [0.4, 0.5) is 4.39 Å². The highest BCUT2D eigenvalue weighted by Gasteiger charge is 2.16. The van der Waals surface area contributed by atoms with Gasteiger partial charge in [0.1, 0.15) is 5.82 Å². The van der Waals surface area contributed by atoms with E-state index in [-0.39, 0.29) is 11.9 Å². The van der Waals surface area contributed by atoms with Crippen LogP contribution in [0.3, 0.4) is 0 Å². The summed E-state index contributed by atoms with van der Waals surface area (Å²) in [6, 6.07) is 9.17. The fraction of sp³-hybridized carbons (Fsp3) is 0.231. The van der Waals surface area contributed by atoms with Crippen molar-refractivity contribution in [2.24, 2.45) is 0 Å². The minimum atomic E-state index is -0.154. The van der Waals surface area contributed by atoms with E-state index in [1.165, 1.54) is 6.07 Å². The van der Waals surface area contributed by atoms with Crippen molar-refractivity contribution in [3.63, 3.8) is 0 Å². The number of halogens is 1. The molecule has 0 radical (unpaired) electrons. The molecule has 0 aliphatic carbocycles. The van der Waals surface area contributed by atoms with Crippen LogP contribution < -0.4 is 5.32 Å². The summed E-state index contributed by atoms with van der Waals surface area (Å²) in [4.78, 5) is 1.13. The molecule has 1 heterocycles. The standard InChI is InChI=1S/C13H14FNS/c1-9-5-6-11(14)10(8-9)13(15-2)12-4-3-7-16-12/h3-8,13,15H,1-2H3. The molecule has 16 heavy (non-hydrogen) atoms. The molecule has 0 bridgehead atoms. The zero-order valence-corrected chi connectivity index (χ0v) is 10.1. The van der Waals surface area contributed by atoms with Crippen LogP contribution >= 0.6 is 11.3 Å². The van der Waals surface area contributed by atoms with Crippen LogP contribution in [0.15, 0.2) is 35.7 Å². The molecule has 2 rings (SSSR count). The van der Waals surface area contributed by atoms with Crippen molar-refractivity contribution >= 4 is 11.3 Å². The molecule has 0 amide bonds. The molecule has 0 spiro atoms. The molecule has 0 aliphatic heterocycles. The fourth-order valence-corrected chi connectivity index (χ4v) is 2.64. The summed E-state index contributed by atoms with van der Waals surface area (Å²) < 4.78 is 13.8. The van der Waals surface area contributed by atoms with Crippen molar-refractivity contribution in [1.82, 2.24) is 5.32 Å². The molecule has 0 aliphatic rings. The van der Waals surface area contributed by atoms with Gasteiger partial charge in [0.05, 0.1) is 6.04 Å². The van der Waals surface area contributed by atoms with Crippen molar-refractivity contribution in [2.75, 3.05) is 7.05 Å². The van der Waals surface area contributed by atoms with Crippen LogP contribution in [-0.2, 0) is 0 Å². The summed E-state index contributed by atoms with van der Waals surface area (Å²) in [5.41, 5.74) is 1.79. The third kappa shape index (κ3) is 2.15. The second kappa shape index (κ2) is 4.76. The first-order valence-corrected chi connectivity index (χ1v) is 6.07. The molecule has 2 aromatic rings. The monoisotopic (exact) mass is 235 g/mol. The Hall–Kier alpha value is -1.19. The fourth-order valence-electron chi connectivity index (χ4n) is 1.79. The van der Waals surface area contributed by atoms with Gasteiger partial charge in [0, 0.05) is 10.4 Å². The maximum Gasteiger partial charge on any atom is 0.128 e. The molecule has 1 N–H and O–H groups in total. The van der Waals surface area contributed by atoms with Crippen LogP contribution in [0.2, 0.25) is 0 Å². The average Bonchev–Trinajstić information content (AvgIpc) is 2.78. The summed E-state index contributed by atoms with van der Waals surface area (Å²) in [5.74, 6) is -0.154. The van der Waals surface area contributed by atoms with E-state index in [1.54, 1.807) is 17.4 Å². The first kappa shape index (κ1) is 11.3. The topological polar surface area (TPSA) is 12.0 Å². The lowest BCUT2D eigenvalue weighted by atomic mass is 10.0. The van der Waals surface area contributed by atoms with Gasteiger partial charge in [0.15, 0.2) is 0 Å². The average molecular weight is 235 g/mol. The Morgan fingerprint density at radius 1 is 1.31 bits per heavy atom. The number of aryl methyl sites for hydroxylation is 1. The molecule has 1 aromatic carbocycles. The number of benzene rings is 1. The lowest BCUT2D eigenvalue weighted by Crippen LogP contribution is -2.17. The predicted octanol–water partition coefficient (Wildman–Crippen LogP) is 3.50. The van der Waals surface area contributed by atoms with Gasteiger partial charge in [-0.3, -0.25) is 0 Å². The second-order valence-corrected chi connectivity index (χ2v) is 4.74. The third-order valence-electron chi connectivity index (χ3n) is 2.58. The predicted molar refractivity (Wildman–Crippen MR) is 66.4 cm³/mol. The van der Waals surface area contributed by atoms with Crippen LogP contribution in [0.5, 0.6) is 0 Å². The molecule has 0 saturated carbocycles. The Morgan fingerprint density at radius 3 is 2.75 bits per heavy atom. The van der Waals surface area contributed by atoms with Gasteiger partial charge in [-0.05, 0) is 31.5 Å². The highest BCUT2D eigenvalue weighted by molar-refractivity contribution is 7.10. The Morgan fingerprint density at radius 2 is 2.12 bits per heavy atom. The van der Waals surface area contributed by atoms with Crippen LogP contribution in [-0.4, -0.2) is 7.05 Å². The van der Waals surface area contributed by atoms with Gasteiger partial charge in [-0.2, -0.15) is 0 Å². The van der Waals surface area contributed by atoms with Gasteiger partial charge in [0.2, 0.25) is 0 Å². The molecular weight excluding hydrogens is 221 g/mol. The molecule has 1 nitrogen and oxygen atoms in total. The highest BCUT2D eigenvalue weighted by atomic mass is 32.1. The maximum absolute atomic E-state index is 13.8. The molecule has 0 fully saturated rings. The van der Waals surface area contributed by atoms with Gasteiger partial charge in [-0.1, -0.05) is 23.8 Å². The largest absolute Gasteiger partial charge is 0.309 e.